The largest absolute Gasteiger partial charge is 0.362 e. The molecule has 0 saturated carbocycles. The number of nitrogens with zero attached hydrogens (tertiary/aromatic N) is 3. The van der Waals surface area contributed by atoms with E-state index in [0.717, 1.165) is 34.9 Å². The maximum absolute atomic E-state index is 4.56. The van der Waals surface area contributed by atoms with E-state index in [4.69, 9.17) is 0 Å². The zero-order valence-corrected chi connectivity index (χ0v) is 11.6. The van der Waals surface area contributed by atoms with Crippen LogP contribution in [0.1, 0.15) is 18.2 Å². The van der Waals surface area contributed by atoms with Crippen LogP contribution < -0.4 is 10.2 Å². The number of anilines is 2. The van der Waals surface area contributed by atoms with Crippen LogP contribution >= 0.6 is 11.3 Å². The van der Waals surface area contributed by atoms with E-state index < -0.39 is 0 Å². The molecule has 2 rings (SSSR count). The van der Waals surface area contributed by atoms with Gasteiger partial charge >= 0.3 is 0 Å². The Morgan fingerprint density at radius 3 is 2.76 bits per heavy atom. The van der Waals surface area contributed by atoms with Crippen molar-refractivity contribution in [3.8, 4) is 0 Å². The van der Waals surface area contributed by atoms with Gasteiger partial charge in [0.05, 0.1) is 5.39 Å². The predicted octanol–water partition coefficient (Wildman–Crippen LogP) is 2.89. The van der Waals surface area contributed by atoms with E-state index in [0.29, 0.717) is 0 Å². The molecule has 0 aliphatic rings. The molecule has 92 valence electrons. The minimum atomic E-state index is 0.727. The van der Waals surface area contributed by atoms with Crippen molar-refractivity contribution in [1.29, 1.82) is 0 Å². The van der Waals surface area contributed by atoms with Gasteiger partial charge in [-0.15, -0.1) is 11.3 Å². The van der Waals surface area contributed by atoms with E-state index in [9.17, 15) is 0 Å². The second-order valence-electron chi connectivity index (χ2n) is 4.27. The summed E-state index contributed by atoms with van der Waals surface area (Å²) in [6.07, 6.45) is 1.07. The van der Waals surface area contributed by atoms with Crippen LogP contribution in [-0.2, 0) is 0 Å². The summed E-state index contributed by atoms with van der Waals surface area (Å²) in [5, 5.41) is 4.39. The Balaban J connectivity index is 2.50. The van der Waals surface area contributed by atoms with Crippen molar-refractivity contribution in [1.82, 2.24) is 9.97 Å². The van der Waals surface area contributed by atoms with Crippen LogP contribution in [0.25, 0.3) is 10.2 Å². The van der Waals surface area contributed by atoms with Gasteiger partial charge in [0.2, 0.25) is 5.95 Å². The molecular formula is C12H18N4S. The third kappa shape index (κ3) is 2.49. The summed E-state index contributed by atoms with van der Waals surface area (Å²) in [7, 11) is 4.02. The summed E-state index contributed by atoms with van der Waals surface area (Å²) in [6.45, 7) is 5.14. The molecule has 4 nitrogen and oxygen atoms in total. The maximum atomic E-state index is 4.56. The van der Waals surface area contributed by atoms with Crippen molar-refractivity contribution in [2.75, 3.05) is 30.9 Å². The van der Waals surface area contributed by atoms with Gasteiger partial charge < -0.3 is 10.2 Å². The predicted molar refractivity (Wildman–Crippen MR) is 75.3 cm³/mol. The van der Waals surface area contributed by atoms with Gasteiger partial charge in [0, 0.05) is 25.5 Å². The minimum Gasteiger partial charge on any atom is -0.362 e. The summed E-state index contributed by atoms with van der Waals surface area (Å²) < 4.78 is 0. The van der Waals surface area contributed by atoms with Crippen LogP contribution in [0.3, 0.4) is 0 Å². The van der Waals surface area contributed by atoms with Crippen LogP contribution in [0.2, 0.25) is 0 Å². The molecule has 0 saturated heterocycles. The monoisotopic (exact) mass is 250 g/mol. The fourth-order valence-electron chi connectivity index (χ4n) is 1.68. The highest BCUT2D eigenvalue weighted by Crippen LogP contribution is 2.30. The fraction of sp³-hybridized carbons (Fsp3) is 0.500. The number of aryl methyl sites for hydroxylation is 1. The molecular weight excluding hydrogens is 232 g/mol. The third-order valence-corrected chi connectivity index (χ3v) is 3.40. The van der Waals surface area contributed by atoms with E-state index in [-0.39, 0.29) is 0 Å². The number of nitrogens with one attached hydrogen (secondary N) is 1. The van der Waals surface area contributed by atoms with Crippen molar-refractivity contribution in [3.05, 3.63) is 10.9 Å². The van der Waals surface area contributed by atoms with Crippen molar-refractivity contribution < 1.29 is 0 Å². The summed E-state index contributed by atoms with van der Waals surface area (Å²) >= 11 is 1.71. The lowest BCUT2D eigenvalue weighted by Crippen LogP contribution is -2.13. The van der Waals surface area contributed by atoms with Gasteiger partial charge in [0.25, 0.3) is 0 Å². The molecule has 0 unspecified atom stereocenters. The lowest BCUT2D eigenvalue weighted by Gasteiger charge is -2.13. The number of hydrogen-bond acceptors (Lipinski definition) is 5. The van der Waals surface area contributed by atoms with Crippen LogP contribution in [0.15, 0.2) is 6.07 Å². The number of thiophene rings is 1. The lowest BCUT2D eigenvalue weighted by molar-refractivity contribution is 0.952. The standard InChI is InChI=1S/C12H18N4S/c1-5-6-13-12-14-10(16(3)4)9-7-8(2)17-11(9)15-12/h7H,5-6H2,1-4H3,(H,13,14,15). The van der Waals surface area contributed by atoms with Crippen molar-refractivity contribution in [2.45, 2.75) is 20.3 Å². The van der Waals surface area contributed by atoms with Crippen LogP contribution in [0.5, 0.6) is 0 Å². The van der Waals surface area contributed by atoms with Gasteiger partial charge in [0.15, 0.2) is 0 Å². The van der Waals surface area contributed by atoms with Crippen LogP contribution in [-0.4, -0.2) is 30.6 Å². The zero-order valence-electron chi connectivity index (χ0n) is 10.7. The average Bonchev–Trinajstić information content (AvgIpc) is 2.64. The number of rotatable bonds is 4. The Labute approximate surface area is 106 Å². The van der Waals surface area contributed by atoms with E-state index in [1.807, 2.05) is 19.0 Å². The van der Waals surface area contributed by atoms with E-state index in [1.165, 1.54) is 4.88 Å². The topological polar surface area (TPSA) is 41.1 Å². The highest BCUT2D eigenvalue weighted by molar-refractivity contribution is 7.18. The molecule has 0 spiro atoms. The SMILES string of the molecule is CCCNc1nc(N(C)C)c2cc(C)sc2n1. The Kier molecular flexibility index (Phi) is 3.47. The second-order valence-corrected chi connectivity index (χ2v) is 5.50. The molecule has 0 fully saturated rings. The van der Waals surface area contributed by atoms with E-state index in [1.54, 1.807) is 11.3 Å². The summed E-state index contributed by atoms with van der Waals surface area (Å²) in [6, 6.07) is 2.15. The smallest absolute Gasteiger partial charge is 0.226 e. The Bertz CT molecular complexity index is 518. The summed E-state index contributed by atoms with van der Waals surface area (Å²) in [4.78, 5) is 13.5. The quantitative estimate of drug-likeness (QED) is 0.906. The van der Waals surface area contributed by atoms with Crippen LogP contribution in [0.4, 0.5) is 11.8 Å². The van der Waals surface area contributed by atoms with Gasteiger partial charge in [0.1, 0.15) is 10.6 Å². The zero-order chi connectivity index (χ0) is 12.4. The molecule has 0 radical (unpaired) electrons. The van der Waals surface area contributed by atoms with Gasteiger partial charge in [-0.2, -0.15) is 4.98 Å². The van der Waals surface area contributed by atoms with E-state index >= 15 is 0 Å². The molecule has 17 heavy (non-hydrogen) atoms. The number of hydrogen-bond donors (Lipinski definition) is 1. The fourth-order valence-corrected chi connectivity index (χ4v) is 2.56. The molecule has 0 aliphatic heterocycles. The first kappa shape index (κ1) is 12.1. The normalized spacial score (nSPS) is 10.8. The Hall–Kier alpha value is -1.36. The molecule has 2 aromatic heterocycles. The second kappa shape index (κ2) is 4.87. The molecule has 2 aromatic rings. The third-order valence-electron chi connectivity index (χ3n) is 2.45. The molecule has 0 aromatic carbocycles. The lowest BCUT2D eigenvalue weighted by atomic mass is 10.3. The summed E-state index contributed by atoms with van der Waals surface area (Å²) in [5.41, 5.74) is 0. The first-order chi connectivity index (χ1) is 8.11. The first-order valence-corrected chi connectivity index (χ1v) is 6.63. The molecule has 2 heterocycles. The summed E-state index contributed by atoms with van der Waals surface area (Å²) in [5.74, 6) is 1.71. The van der Waals surface area contributed by atoms with Gasteiger partial charge in [-0.05, 0) is 19.4 Å². The number of fused-ring (bicyclic) bond motifs is 1. The van der Waals surface area contributed by atoms with Crippen molar-refractivity contribution >= 4 is 33.3 Å². The highest BCUT2D eigenvalue weighted by atomic mass is 32.1. The Morgan fingerprint density at radius 1 is 1.35 bits per heavy atom. The number of aromatic nitrogens is 2. The molecule has 0 aliphatic carbocycles. The first-order valence-electron chi connectivity index (χ1n) is 5.81. The van der Waals surface area contributed by atoms with Gasteiger partial charge in [-0.25, -0.2) is 4.98 Å². The molecule has 5 heteroatoms. The molecule has 1 N–H and O–H groups in total. The highest BCUT2D eigenvalue weighted by Gasteiger charge is 2.11. The van der Waals surface area contributed by atoms with Crippen LogP contribution in [0, 0.1) is 6.92 Å². The van der Waals surface area contributed by atoms with Gasteiger partial charge in [-0.3, -0.25) is 0 Å². The van der Waals surface area contributed by atoms with Crippen molar-refractivity contribution in [2.24, 2.45) is 0 Å². The van der Waals surface area contributed by atoms with Gasteiger partial charge in [-0.1, -0.05) is 6.92 Å². The Morgan fingerprint density at radius 2 is 2.12 bits per heavy atom. The molecule has 0 atom stereocenters. The molecule has 0 amide bonds. The average molecular weight is 250 g/mol. The maximum Gasteiger partial charge on any atom is 0.226 e. The molecule has 0 bridgehead atoms. The van der Waals surface area contributed by atoms with E-state index in [2.05, 4.69) is 35.2 Å². The van der Waals surface area contributed by atoms with Crippen molar-refractivity contribution in [3.63, 3.8) is 0 Å². The minimum absolute atomic E-state index is 0.727.